The van der Waals surface area contributed by atoms with Crippen LogP contribution in [0.4, 0.5) is 0 Å². The van der Waals surface area contributed by atoms with Crippen molar-refractivity contribution in [2.45, 2.75) is 100.0 Å². The predicted octanol–water partition coefficient (Wildman–Crippen LogP) is 7.90. The summed E-state index contributed by atoms with van der Waals surface area (Å²) < 4.78 is 3.94. The Kier molecular flexibility index (Phi) is 19.9. The summed E-state index contributed by atoms with van der Waals surface area (Å²) in [6.07, 6.45) is 13.0. The normalized spacial score (nSPS) is 31.3. The van der Waals surface area contributed by atoms with Crippen molar-refractivity contribution in [3.05, 3.63) is 19.8 Å². The van der Waals surface area contributed by atoms with Gasteiger partial charge in [-0.1, -0.05) is 72.6 Å². The fourth-order valence-corrected chi connectivity index (χ4v) is 3.16. The van der Waals surface area contributed by atoms with Gasteiger partial charge in [0.2, 0.25) is 0 Å². The zero-order chi connectivity index (χ0) is 19.8. The van der Waals surface area contributed by atoms with Crippen LogP contribution in [0.25, 0.3) is 0 Å². The molecule has 2 heteroatoms. The monoisotopic (exact) mass is 429 g/mol. The van der Waals surface area contributed by atoms with Crippen molar-refractivity contribution in [1.82, 2.24) is 0 Å². The van der Waals surface area contributed by atoms with Crippen LogP contribution in [0.1, 0.15) is 93.9 Å². The third-order valence-electron chi connectivity index (χ3n) is 5.47. The molecule has 0 aromatic carbocycles. The first-order valence-corrected chi connectivity index (χ1v) is 11.5. The fraction of sp³-hybridized carbons (Fsp3) is 0.870. The van der Waals surface area contributed by atoms with Crippen molar-refractivity contribution in [3.8, 4) is 0 Å². The average Bonchev–Trinajstić information content (AvgIpc) is 2.61. The quantitative estimate of drug-likeness (QED) is 0.297. The van der Waals surface area contributed by atoms with Crippen LogP contribution in [-0.4, -0.2) is 6.04 Å². The van der Waals surface area contributed by atoms with Crippen molar-refractivity contribution in [1.29, 1.82) is 0 Å². The van der Waals surface area contributed by atoms with E-state index in [9.17, 15) is 0 Å². The molecule has 0 heterocycles. The van der Waals surface area contributed by atoms with E-state index >= 15 is 0 Å². The topological polar surface area (TPSA) is 12.4 Å². The molecule has 0 saturated heterocycles. The third kappa shape index (κ3) is 15.3. The van der Waals surface area contributed by atoms with E-state index in [1.54, 1.807) is 0 Å². The second-order valence-electron chi connectivity index (χ2n) is 8.12. The second kappa shape index (κ2) is 17.9. The molecule has 25 heavy (non-hydrogen) atoms. The van der Waals surface area contributed by atoms with Gasteiger partial charge in [0.25, 0.3) is 0 Å². The van der Waals surface area contributed by atoms with Gasteiger partial charge in [0, 0.05) is 0 Å². The van der Waals surface area contributed by atoms with Crippen molar-refractivity contribution in [2.24, 2.45) is 32.9 Å². The second-order valence-corrected chi connectivity index (χ2v) is 8.69. The molecule has 0 N–H and O–H groups in total. The Balaban J connectivity index is 0. The predicted molar refractivity (Wildman–Crippen MR) is 111 cm³/mol. The van der Waals surface area contributed by atoms with Crippen LogP contribution in [-0.2, 0) is 20.9 Å². The Morgan fingerprint density at radius 3 is 1.48 bits per heavy atom. The van der Waals surface area contributed by atoms with E-state index in [2.05, 4.69) is 71.6 Å². The van der Waals surface area contributed by atoms with Crippen LogP contribution >= 0.6 is 0 Å². The first-order chi connectivity index (χ1) is 11.7. The van der Waals surface area contributed by atoms with E-state index in [1.165, 1.54) is 53.0 Å². The van der Waals surface area contributed by atoms with E-state index in [1.807, 2.05) is 6.92 Å². The zero-order valence-corrected chi connectivity index (χ0v) is 20.7. The van der Waals surface area contributed by atoms with E-state index in [4.69, 9.17) is 0 Å². The van der Waals surface area contributed by atoms with E-state index in [0.717, 1.165) is 36.0 Å². The molecule has 0 aromatic heterocycles. The average molecular weight is 430 g/mol. The molecule has 2 saturated carbocycles. The molecule has 151 valence electrons. The van der Waals surface area contributed by atoms with Gasteiger partial charge in [-0.25, -0.2) is 0 Å². The molecule has 0 aliphatic heterocycles. The summed E-state index contributed by atoms with van der Waals surface area (Å²) in [7, 11) is 0. The van der Waals surface area contributed by atoms with Crippen molar-refractivity contribution in [3.63, 3.8) is 0 Å². The summed E-state index contributed by atoms with van der Waals surface area (Å²) in [5.41, 5.74) is 0. The Labute approximate surface area is 173 Å². The van der Waals surface area contributed by atoms with Gasteiger partial charge in [0.15, 0.2) is 0 Å². The Bertz CT molecular complexity index is 260. The van der Waals surface area contributed by atoms with Crippen LogP contribution in [0.2, 0.25) is 0 Å². The molecule has 0 spiro atoms. The first-order valence-electron chi connectivity index (χ1n) is 10.5. The van der Waals surface area contributed by atoms with Gasteiger partial charge in [-0.2, -0.15) is 31.1 Å². The molecule has 2 fully saturated rings. The van der Waals surface area contributed by atoms with Crippen LogP contribution in [0.3, 0.4) is 0 Å². The zero-order valence-electron chi connectivity index (χ0n) is 18.5. The molecule has 4 unspecified atom stereocenters. The van der Waals surface area contributed by atoms with Gasteiger partial charge in [0.1, 0.15) is 0 Å². The molecule has 0 bridgehead atoms. The molecule has 1 nitrogen and oxygen atoms in total. The van der Waals surface area contributed by atoms with Crippen molar-refractivity contribution >= 4 is 0 Å². The fourth-order valence-electron chi connectivity index (χ4n) is 3.16. The molecule has 2 aliphatic rings. The molecule has 4 atom stereocenters. The minimum absolute atomic E-state index is 0.531. The Morgan fingerprint density at radius 2 is 1.28 bits per heavy atom. The van der Waals surface area contributed by atoms with Gasteiger partial charge in [-0.3, -0.25) is 0 Å². The maximum absolute atomic E-state index is 3.94. The van der Waals surface area contributed by atoms with Gasteiger partial charge in [0.05, 0.1) is 0 Å². The maximum atomic E-state index is 3.94. The molecular weight excluding hydrogens is 383 g/mol. The van der Waals surface area contributed by atoms with Crippen LogP contribution in [0, 0.1) is 49.4 Å². The van der Waals surface area contributed by atoms with E-state index in [0.29, 0.717) is 6.04 Å². The molecule has 2 aliphatic carbocycles. The molecule has 2 rings (SSSR count). The standard InChI is InChI=1S/C11H21.C6H11.C3H7N.C3H7.Nb/c1-7-6-8(2)10(4)11(5)9(7)3;1-2-4-6-5-3-1;1-3(2)4;1-3-2;/h6-11H,1-5H3;1H,2-6H2;3H,1-2H3;1,3H2,2H3;/q2*-1;;-1;. The van der Waals surface area contributed by atoms with Gasteiger partial charge in [-0.15, -0.1) is 0 Å². The van der Waals surface area contributed by atoms with Gasteiger partial charge < -0.3 is 19.8 Å². The smallest absolute Gasteiger partial charge is 0.0435 e. The van der Waals surface area contributed by atoms with Crippen LogP contribution in [0.5, 0.6) is 0 Å². The summed E-state index contributed by atoms with van der Waals surface area (Å²) in [6.45, 7) is 21.5. The summed E-state index contributed by atoms with van der Waals surface area (Å²) in [4.78, 5) is 0. The summed E-state index contributed by atoms with van der Waals surface area (Å²) in [6, 6.07) is 0.531. The molecule has 0 amide bonds. The Hall–Kier alpha value is 0.540. The molecule has 0 radical (unpaired) electrons. The maximum Gasteiger partial charge on any atom is -0.0435 e. The van der Waals surface area contributed by atoms with Crippen LogP contribution in [0.15, 0.2) is 3.34 Å². The molecule has 0 aromatic rings. The number of hydrogen-bond donors (Lipinski definition) is 0. The number of nitrogens with zero attached hydrogens (tertiary/aromatic N) is 1. The van der Waals surface area contributed by atoms with Crippen molar-refractivity contribution in [2.75, 3.05) is 0 Å². The van der Waals surface area contributed by atoms with Gasteiger partial charge >= 0.3 is 44.1 Å². The van der Waals surface area contributed by atoms with E-state index in [-0.39, 0.29) is 0 Å². The molecular formula is C23H46NNb-3. The summed E-state index contributed by atoms with van der Waals surface area (Å²) in [5.74, 6) is 4.28. The van der Waals surface area contributed by atoms with Crippen molar-refractivity contribution < 1.29 is 20.9 Å². The Morgan fingerprint density at radius 1 is 0.920 bits per heavy atom. The minimum atomic E-state index is 0.531. The summed E-state index contributed by atoms with van der Waals surface area (Å²) >= 11 is 1.53. The van der Waals surface area contributed by atoms with Gasteiger partial charge in [-0.05, 0) is 5.92 Å². The van der Waals surface area contributed by atoms with Crippen LogP contribution < -0.4 is 0 Å². The SMILES string of the molecule is CC(C)[N]=[Nb].CC1[CH-]C(C)C(C)C(C)C1C.[CH-]1CCCCC1.[CH2-]CC. The first kappa shape index (κ1) is 27.8. The summed E-state index contributed by atoms with van der Waals surface area (Å²) in [5, 5.41) is 0. The number of hydrogen-bond acceptors (Lipinski definition) is 1. The minimum Gasteiger partial charge on any atom is -0.344 e. The van der Waals surface area contributed by atoms with E-state index < -0.39 is 0 Å². The third-order valence-corrected chi connectivity index (χ3v) is 6.61. The largest absolute Gasteiger partial charge is 0.344 e. The number of rotatable bonds is 1.